The van der Waals surface area contributed by atoms with Crippen LogP contribution in [0.25, 0.3) is 0 Å². The third-order valence-corrected chi connectivity index (χ3v) is 3.55. The van der Waals surface area contributed by atoms with Gasteiger partial charge in [0.2, 0.25) is 0 Å². The molecule has 1 heterocycles. The molecule has 0 aliphatic rings. The molecule has 1 unspecified atom stereocenters. The molecule has 1 aromatic heterocycles. The van der Waals surface area contributed by atoms with Crippen molar-refractivity contribution in [1.29, 1.82) is 0 Å². The average molecular weight is 265 g/mol. The first-order valence-corrected chi connectivity index (χ1v) is 6.68. The average Bonchev–Trinajstić information content (AvgIpc) is 2.85. The molecular formula is C13H16FN3S. The van der Waals surface area contributed by atoms with Crippen molar-refractivity contribution in [2.45, 2.75) is 12.6 Å². The fourth-order valence-corrected chi connectivity index (χ4v) is 2.52. The lowest BCUT2D eigenvalue weighted by Crippen LogP contribution is -2.30. The zero-order valence-corrected chi connectivity index (χ0v) is 11.0. The molecule has 0 bridgehead atoms. The van der Waals surface area contributed by atoms with E-state index in [1.807, 2.05) is 23.4 Å². The minimum Gasteiger partial charge on any atom is -0.329 e. The van der Waals surface area contributed by atoms with Gasteiger partial charge in [0.1, 0.15) is 5.82 Å². The van der Waals surface area contributed by atoms with Gasteiger partial charge in [-0.2, -0.15) is 0 Å². The Bertz CT molecular complexity index is 487. The molecule has 0 aliphatic carbocycles. The smallest absolute Gasteiger partial charge is 0.128 e. The second kappa shape index (κ2) is 6.04. The quantitative estimate of drug-likeness (QED) is 0.902. The summed E-state index contributed by atoms with van der Waals surface area (Å²) in [5.74, 6) is -0.210. The van der Waals surface area contributed by atoms with Crippen molar-refractivity contribution in [3.63, 3.8) is 0 Å². The molecule has 18 heavy (non-hydrogen) atoms. The number of hydrogen-bond donors (Lipinski definition) is 1. The molecule has 0 aliphatic heterocycles. The fraction of sp³-hybridized carbons (Fsp3) is 0.308. The zero-order chi connectivity index (χ0) is 13.0. The van der Waals surface area contributed by atoms with Crippen molar-refractivity contribution < 1.29 is 4.39 Å². The van der Waals surface area contributed by atoms with Crippen LogP contribution in [0.4, 0.5) is 4.39 Å². The maximum Gasteiger partial charge on any atom is 0.128 e. The number of rotatable bonds is 5. The van der Waals surface area contributed by atoms with Gasteiger partial charge in [-0.05, 0) is 13.1 Å². The molecule has 0 saturated carbocycles. The molecule has 0 amide bonds. The molecule has 0 spiro atoms. The molecular weight excluding hydrogens is 249 g/mol. The molecule has 96 valence electrons. The van der Waals surface area contributed by atoms with Gasteiger partial charge in [-0.1, -0.05) is 18.2 Å². The Kier molecular flexibility index (Phi) is 4.41. The van der Waals surface area contributed by atoms with Crippen molar-refractivity contribution in [3.8, 4) is 0 Å². The second-order valence-corrected chi connectivity index (χ2v) is 4.89. The van der Waals surface area contributed by atoms with E-state index in [4.69, 9.17) is 5.73 Å². The Morgan fingerprint density at radius 1 is 1.44 bits per heavy atom. The standard InChI is InChI=1S/C13H16FN3S/c1-17(7-10-8-18-9-16-10)13(6-15)11-4-2-3-5-12(11)14/h2-5,8-9,13H,6-7,15H2,1H3. The van der Waals surface area contributed by atoms with Crippen LogP contribution in [0.2, 0.25) is 0 Å². The summed E-state index contributed by atoms with van der Waals surface area (Å²) in [6.45, 7) is 1.04. The number of hydrogen-bond acceptors (Lipinski definition) is 4. The minimum absolute atomic E-state index is 0.132. The van der Waals surface area contributed by atoms with E-state index in [2.05, 4.69) is 4.98 Å². The zero-order valence-electron chi connectivity index (χ0n) is 10.2. The third-order valence-electron chi connectivity index (χ3n) is 2.91. The van der Waals surface area contributed by atoms with Gasteiger partial charge in [-0.3, -0.25) is 4.90 Å². The highest BCUT2D eigenvalue weighted by atomic mass is 32.1. The van der Waals surface area contributed by atoms with Crippen LogP contribution in [0.15, 0.2) is 35.2 Å². The number of nitrogens with two attached hydrogens (primary N) is 1. The Hall–Kier alpha value is -1.30. The monoisotopic (exact) mass is 265 g/mol. The first-order valence-electron chi connectivity index (χ1n) is 5.74. The maximum absolute atomic E-state index is 13.8. The number of likely N-dealkylation sites (N-methyl/N-ethyl adjacent to an activating group) is 1. The van der Waals surface area contributed by atoms with Gasteiger partial charge in [0.05, 0.1) is 17.2 Å². The lowest BCUT2D eigenvalue weighted by molar-refractivity contribution is 0.234. The number of benzene rings is 1. The molecule has 2 rings (SSSR count). The van der Waals surface area contributed by atoms with E-state index >= 15 is 0 Å². The van der Waals surface area contributed by atoms with Crippen LogP contribution in [-0.4, -0.2) is 23.5 Å². The van der Waals surface area contributed by atoms with E-state index < -0.39 is 0 Å². The molecule has 1 aromatic carbocycles. The normalized spacial score (nSPS) is 12.9. The van der Waals surface area contributed by atoms with Gasteiger partial charge in [-0.25, -0.2) is 9.37 Å². The summed E-state index contributed by atoms with van der Waals surface area (Å²) in [6, 6.07) is 6.64. The fourth-order valence-electron chi connectivity index (χ4n) is 1.97. The van der Waals surface area contributed by atoms with Crippen molar-refractivity contribution in [2.75, 3.05) is 13.6 Å². The number of thiazole rings is 1. The highest BCUT2D eigenvalue weighted by Gasteiger charge is 2.19. The van der Waals surface area contributed by atoms with Crippen molar-refractivity contribution in [2.24, 2.45) is 5.73 Å². The van der Waals surface area contributed by atoms with Gasteiger partial charge in [0.15, 0.2) is 0 Å². The lowest BCUT2D eigenvalue weighted by atomic mass is 10.1. The molecule has 0 saturated heterocycles. The summed E-state index contributed by atoms with van der Waals surface area (Å²) in [5, 5.41) is 1.99. The van der Waals surface area contributed by atoms with Crippen LogP contribution in [-0.2, 0) is 6.54 Å². The first kappa shape index (κ1) is 13.1. The summed E-state index contributed by atoms with van der Waals surface area (Å²) in [4.78, 5) is 6.25. The van der Waals surface area contributed by atoms with Crippen molar-refractivity contribution in [3.05, 3.63) is 52.2 Å². The number of nitrogens with zero attached hydrogens (tertiary/aromatic N) is 2. The first-order chi connectivity index (χ1) is 8.72. The SMILES string of the molecule is CN(Cc1cscn1)C(CN)c1ccccc1F. The van der Waals surface area contributed by atoms with Crippen LogP contribution in [0.1, 0.15) is 17.3 Å². The highest BCUT2D eigenvalue weighted by molar-refractivity contribution is 7.07. The molecule has 2 N–H and O–H groups in total. The predicted octanol–water partition coefficient (Wildman–Crippen LogP) is 2.41. The van der Waals surface area contributed by atoms with Crippen LogP contribution < -0.4 is 5.73 Å². The van der Waals surface area contributed by atoms with Gasteiger partial charge in [-0.15, -0.1) is 11.3 Å². The van der Waals surface area contributed by atoms with E-state index in [1.54, 1.807) is 29.0 Å². The van der Waals surface area contributed by atoms with E-state index in [1.165, 1.54) is 6.07 Å². The topological polar surface area (TPSA) is 42.2 Å². The van der Waals surface area contributed by atoms with E-state index in [-0.39, 0.29) is 11.9 Å². The van der Waals surface area contributed by atoms with Crippen molar-refractivity contribution in [1.82, 2.24) is 9.88 Å². The molecule has 5 heteroatoms. The number of aromatic nitrogens is 1. The van der Waals surface area contributed by atoms with Gasteiger partial charge < -0.3 is 5.73 Å². The van der Waals surface area contributed by atoms with Crippen LogP contribution >= 0.6 is 11.3 Å². The van der Waals surface area contributed by atoms with Gasteiger partial charge in [0, 0.05) is 24.0 Å². The molecule has 1 atom stereocenters. The van der Waals surface area contributed by atoms with Crippen LogP contribution in [0.5, 0.6) is 0 Å². The summed E-state index contributed by atoms with van der Waals surface area (Å²) in [7, 11) is 1.93. The molecule has 0 fully saturated rings. The Labute approximate surface area is 110 Å². The van der Waals surface area contributed by atoms with E-state index in [0.717, 1.165) is 5.69 Å². The maximum atomic E-state index is 13.8. The summed E-state index contributed by atoms with van der Waals surface area (Å²) in [6.07, 6.45) is 0. The Balaban J connectivity index is 2.16. The second-order valence-electron chi connectivity index (χ2n) is 4.17. The summed E-state index contributed by atoms with van der Waals surface area (Å²) in [5.41, 5.74) is 9.19. The number of halogens is 1. The molecule has 2 aromatic rings. The Morgan fingerprint density at radius 3 is 2.83 bits per heavy atom. The minimum atomic E-state index is -0.210. The van der Waals surface area contributed by atoms with Crippen LogP contribution in [0.3, 0.4) is 0 Å². The van der Waals surface area contributed by atoms with E-state index in [9.17, 15) is 4.39 Å². The third kappa shape index (κ3) is 2.93. The van der Waals surface area contributed by atoms with Gasteiger partial charge in [0.25, 0.3) is 0 Å². The molecule has 0 radical (unpaired) electrons. The Morgan fingerprint density at radius 2 is 2.22 bits per heavy atom. The van der Waals surface area contributed by atoms with E-state index in [0.29, 0.717) is 18.7 Å². The van der Waals surface area contributed by atoms with Crippen molar-refractivity contribution >= 4 is 11.3 Å². The predicted molar refractivity (Wildman–Crippen MR) is 71.8 cm³/mol. The van der Waals surface area contributed by atoms with Gasteiger partial charge >= 0.3 is 0 Å². The summed E-state index contributed by atoms with van der Waals surface area (Å²) < 4.78 is 13.8. The summed E-state index contributed by atoms with van der Waals surface area (Å²) >= 11 is 1.56. The molecule has 3 nitrogen and oxygen atoms in total. The highest BCUT2D eigenvalue weighted by Crippen LogP contribution is 2.22. The van der Waals surface area contributed by atoms with Crippen LogP contribution in [0, 0.1) is 5.82 Å². The largest absolute Gasteiger partial charge is 0.329 e. The lowest BCUT2D eigenvalue weighted by Gasteiger charge is -2.26.